The highest BCUT2D eigenvalue weighted by molar-refractivity contribution is 6.30. The van der Waals surface area contributed by atoms with Crippen LogP contribution < -0.4 is 5.32 Å². The van der Waals surface area contributed by atoms with E-state index in [-0.39, 0.29) is 11.1 Å². The predicted octanol–water partition coefficient (Wildman–Crippen LogP) is 4.99. The normalized spacial score (nSPS) is 12.8. The fraction of sp³-hybridized carbons (Fsp3) is 0.111. The molecule has 1 heterocycles. The number of rotatable bonds is 3. The van der Waals surface area contributed by atoms with Crippen molar-refractivity contribution in [1.82, 2.24) is 9.88 Å². The van der Waals surface area contributed by atoms with Crippen LogP contribution in [-0.2, 0) is 0 Å². The Bertz CT molecular complexity index is 1080. The van der Waals surface area contributed by atoms with Crippen molar-refractivity contribution in [2.75, 3.05) is 0 Å². The van der Waals surface area contributed by atoms with Gasteiger partial charge in [-0.25, -0.2) is 14.0 Å². The van der Waals surface area contributed by atoms with Gasteiger partial charge in [-0.05, 0) is 42.0 Å². The third kappa shape index (κ3) is 3.79. The lowest BCUT2D eigenvalue weighted by Gasteiger charge is -2.22. The number of carboxylic acid groups (broad SMARTS) is 1. The topological polar surface area (TPSA) is 71.3 Å². The van der Waals surface area contributed by atoms with Gasteiger partial charge in [0.2, 0.25) is 0 Å². The molecule has 1 unspecified atom stereocenters. The summed E-state index contributed by atoms with van der Waals surface area (Å²) in [7, 11) is 0. The van der Waals surface area contributed by atoms with Crippen LogP contribution in [0.2, 0.25) is 5.02 Å². The summed E-state index contributed by atoms with van der Waals surface area (Å²) >= 11 is 5.55. The van der Waals surface area contributed by atoms with E-state index in [0.29, 0.717) is 5.39 Å². The van der Waals surface area contributed by atoms with Gasteiger partial charge >= 0.3 is 18.2 Å². The summed E-state index contributed by atoms with van der Waals surface area (Å²) in [5.74, 6) is -2.06. The van der Waals surface area contributed by atoms with Gasteiger partial charge in [-0.2, -0.15) is 13.2 Å². The zero-order chi connectivity index (χ0) is 20.6. The highest BCUT2D eigenvalue weighted by atomic mass is 35.5. The number of hydrogen-bond acceptors (Lipinski definition) is 2. The van der Waals surface area contributed by atoms with Crippen LogP contribution in [0.4, 0.5) is 22.4 Å². The second-order valence-corrected chi connectivity index (χ2v) is 6.27. The van der Waals surface area contributed by atoms with Crippen LogP contribution in [0.15, 0.2) is 48.7 Å². The molecule has 0 aliphatic heterocycles. The molecule has 1 aromatic heterocycles. The number of benzene rings is 2. The summed E-state index contributed by atoms with van der Waals surface area (Å²) in [6, 6.07) is 4.18. The molecule has 146 valence electrons. The minimum absolute atomic E-state index is 0.0280. The number of halogens is 5. The molecule has 0 bridgehead atoms. The molecule has 0 radical (unpaired) electrons. The van der Waals surface area contributed by atoms with Crippen molar-refractivity contribution < 1.29 is 32.3 Å². The number of amides is 1. The number of carbonyl (C=O) groups is 2. The largest absolute Gasteiger partial charge is 0.478 e. The molecule has 0 fully saturated rings. The molecular weight excluding hydrogens is 404 g/mol. The maximum absolute atomic E-state index is 13.5. The van der Waals surface area contributed by atoms with E-state index >= 15 is 0 Å². The summed E-state index contributed by atoms with van der Waals surface area (Å²) in [5, 5.41) is 10.7. The van der Waals surface area contributed by atoms with E-state index in [1.165, 1.54) is 30.5 Å². The minimum atomic E-state index is -4.86. The number of carboxylic acids is 1. The zero-order valence-electron chi connectivity index (χ0n) is 13.8. The van der Waals surface area contributed by atoms with Crippen LogP contribution in [0, 0.1) is 5.82 Å². The molecule has 0 saturated heterocycles. The Morgan fingerprint density at radius 3 is 2.43 bits per heavy atom. The van der Waals surface area contributed by atoms with Crippen molar-refractivity contribution in [3.63, 3.8) is 0 Å². The van der Waals surface area contributed by atoms with E-state index in [2.05, 4.69) is 0 Å². The van der Waals surface area contributed by atoms with Crippen LogP contribution in [0.25, 0.3) is 10.9 Å². The monoisotopic (exact) mass is 414 g/mol. The second-order valence-electron chi connectivity index (χ2n) is 5.86. The number of nitrogens with zero attached hydrogens (tertiary/aromatic N) is 1. The predicted molar refractivity (Wildman–Crippen MR) is 93.0 cm³/mol. The smallest absolute Gasteiger partial charge is 0.412 e. The average Bonchev–Trinajstić information content (AvgIpc) is 3.04. The van der Waals surface area contributed by atoms with E-state index < -0.39 is 40.6 Å². The Balaban J connectivity index is 1.95. The van der Waals surface area contributed by atoms with E-state index in [0.717, 1.165) is 22.8 Å². The number of hydrogen-bond donors (Lipinski definition) is 2. The van der Waals surface area contributed by atoms with Crippen LogP contribution in [-0.4, -0.2) is 27.9 Å². The second kappa shape index (κ2) is 7.16. The number of nitrogens with one attached hydrogen (secondary N) is 1. The van der Waals surface area contributed by atoms with Crippen molar-refractivity contribution in [3.8, 4) is 0 Å². The maximum atomic E-state index is 13.5. The highest BCUT2D eigenvalue weighted by Gasteiger charge is 2.42. The van der Waals surface area contributed by atoms with Gasteiger partial charge in [0.25, 0.3) is 0 Å². The fourth-order valence-corrected chi connectivity index (χ4v) is 2.88. The average molecular weight is 415 g/mol. The number of alkyl halides is 3. The minimum Gasteiger partial charge on any atom is -0.478 e. The first-order valence-corrected chi connectivity index (χ1v) is 8.12. The fourth-order valence-electron chi connectivity index (χ4n) is 2.69. The molecular formula is C18H11ClF4N2O3. The molecule has 3 rings (SSSR count). The van der Waals surface area contributed by atoms with Gasteiger partial charge in [0.1, 0.15) is 5.82 Å². The van der Waals surface area contributed by atoms with Crippen molar-refractivity contribution in [1.29, 1.82) is 0 Å². The van der Waals surface area contributed by atoms with Gasteiger partial charge in [-0.1, -0.05) is 17.7 Å². The summed E-state index contributed by atoms with van der Waals surface area (Å²) < 4.78 is 54.6. The number of aromatic nitrogens is 1. The third-order valence-corrected chi connectivity index (χ3v) is 4.32. The molecule has 5 nitrogen and oxygen atoms in total. The zero-order valence-corrected chi connectivity index (χ0v) is 14.6. The summed E-state index contributed by atoms with van der Waals surface area (Å²) in [4.78, 5) is 23.5. The van der Waals surface area contributed by atoms with E-state index in [1.54, 1.807) is 0 Å². The van der Waals surface area contributed by atoms with Gasteiger partial charge < -0.3 is 10.4 Å². The van der Waals surface area contributed by atoms with Crippen molar-refractivity contribution in [2.45, 2.75) is 12.2 Å². The van der Waals surface area contributed by atoms with E-state index in [1.807, 2.05) is 5.32 Å². The van der Waals surface area contributed by atoms with Crippen molar-refractivity contribution in [3.05, 3.63) is 70.6 Å². The molecule has 3 aromatic rings. The lowest BCUT2D eigenvalue weighted by molar-refractivity contribution is -0.154. The molecule has 28 heavy (non-hydrogen) atoms. The van der Waals surface area contributed by atoms with E-state index in [9.17, 15) is 27.2 Å². The van der Waals surface area contributed by atoms with Gasteiger partial charge in [-0.3, -0.25) is 4.57 Å². The van der Waals surface area contributed by atoms with E-state index in [4.69, 9.17) is 16.7 Å². The summed E-state index contributed by atoms with van der Waals surface area (Å²) in [6.07, 6.45) is -3.65. The molecule has 2 N–H and O–H groups in total. The first-order chi connectivity index (χ1) is 13.1. The summed E-state index contributed by atoms with van der Waals surface area (Å²) in [6.45, 7) is 0. The van der Waals surface area contributed by atoms with Crippen LogP contribution in [0.1, 0.15) is 22.0 Å². The standard InChI is InChI=1S/C18H11ClF4N2O3/c19-12-8-10(1-3-13(12)20)15(18(21,22)23)24-17(28)25-6-5-9-7-11(16(26)27)2-4-14(9)25/h1-8,15H,(H,24,28)(H,26,27). The third-order valence-electron chi connectivity index (χ3n) is 4.03. The molecule has 0 saturated carbocycles. The van der Waals surface area contributed by atoms with Crippen molar-refractivity contribution in [2.24, 2.45) is 0 Å². The Labute approximate surface area is 160 Å². The quantitative estimate of drug-likeness (QED) is 0.593. The van der Waals surface area contributed by atoms with Crippen LogP contribution in [0.3, 0.4) is 0 Å². The molecule has 0 spiro atoms. The molecule has 1 atom stereocenters. The Hall–Kier alpha value is -3.07. The number of carbonyl (C=O) groups excluding carboxylic acids is 1. The van der Waals surface area contributed by atoms with Crippen LogP contribution in [0.5, 0.6) is 0 Å². The van der Waals surface area contributed by atoms with Gasteiger partial charge in [0.15, 0.2) is 6.04 Å². The highest BCUT2D eigenvalue weighted by Crippen LogP contribution is 2.34. The Morgan fingerprint density at radius 1 is 1.11 bits per heavy atom. The molecule has 1 amide bonds. The molecule has 2 aromatic carbocycles. The molecule has 0 aliphatic carbocycles. The SMILES string of the molecule is O=C(O)c1ccc2c(ccn2C(=O)NC(c2ccc(F)c(Cl)c2)C(F)(F)F)c1. The number of fused-ring (bicyclic) bond motifs is 1. The molecule has 10 heteroatoms. The summed E-state index contributed by atoms with van der Waals surface area (Å²) in [5.41, 5.74) is -0.239. The lowest BCUT2D eigenvalue weighted by atomic mass is 10.1. The van der Waals surface area contributed by atoms with Gasteiger partial charge in [0, 0.05) is 11.6 Å². The van der Waals surface area contributed by atoms with Crippen molar-refractivity contribution >= 4 is 34.5 Å². The van der Waals surface area contributed by atoms with Crippen LogP contribution >= 0.6 is 11.6 Å². The first-order valence-electron chi connectivity index (χ1n) is 7.75. The molecule has 0 aliphatic rings. The number of aromatic carboxylic acids is 1. The first kappa shape index (κ1) is 19.7. The van der Waals surface area contributed by atoms with Gasteiger partial charge in [-0.15, -0.1) is 0 Å². The lowest BCUT2D eigenvalue weighted by Crippen LogP contribution is -2.40. The van der Waals surface area contributed by atoms with Gasteiger partial charge in [0.05, 0.1) is 16.1 Å². The maximum Gasteiger partial charge on any atom is 0.412 e. The Morgan fingerprint density at radius 2 is 1.82 bits per heavy atom. The Kier molecular flexibility index (Phi) is 5.03.